The first kappa shape index (κ1) is 26.5. The van der Waals surface area contributed by atoms with Crippen LogP contribution >= 0.6 is 0 Å². The second-order valence-corrected chi connectivity index (χ2v) is 8.02. The standard InChI is InChI=1S/C26H31F2N3O4/c1-4-14-34-18-23(32)16-30(13-15-33-3)17-25-19(2)29-31(22-9-5-20(27)6-10-22)26(25)35-24-11-7-21(28)8-12-24/h4-12,23,32H,1,13-18H2,2-3H3/t23-/m0/s1. The maximum atomic E-state index is 13.5. The Morgan fingerprint density at radius 3 is 2.40 bits per heavy atom. The van der Waals surface area contributed by atoms with Crippen LogP contribution in [0.15, 0.2) is 61.2 Å². The molecule has 3 aromatic rings. The normalized spacial score (nSPS) is 12.2. The topological polar surface area (TPSA) is 69.0 Å². The first-order valence-corrected chi connectivity index (χ1v) is 11.3. The number of hydrogen-bond donors (Lipinski definition) is 1. The van der Waals surface area contributed by atoms with E-state index in [1.807, 2.05) is 11.8 Å². The molecule has 7 nitrogen and oxygen atoms in total. The molecule has 188 valence electrons. The summed E-state index contributed by atoms with van der Waals surface area (Å²) >= 11 is 0. The smallest absolute Gasteiger partial charge is 0.227 e. The van der Waals surface area contributed by atoms with Gasteiger partial charge in [-0.05, 0) is 55.5 Å². The van der Waals surface area contributed by atoms with Gasteiger partial charge in [0.2, 0.25) is 5.88 Å². The highest BCUT2D eigenvalue weighted by Crippen LogP contribution is 2.32. The van der Waals surface area contributed by atoms with E-state index in [2.05, 4.69) is 11.7 Å². The summed E-state index contributed by atoms with van der Waals surface area (Å²) in [6.07, 6.45) is 0.905. The molecule has 0 amide bonds. The molecule has 2 aromatic carbocycles. The van der Waals surface area contributed by atoms with Gasteiger partial charge in [0, 0.05) is 26.7 Å². The Labute approximate surface area is 204 Å². The van der Waals surface area contributed by atoms with Gasteiger partial charge in [-0.1, -0.05) is 6.08 Å². The molecule has 0 saturated heterocycles. The van der Waals surface area contributed by atoms with Gasteiger partial charge in [-0.15, -0.1) is 6.58 Å². The van der Waals surface area contributed by atoms with E-state index >= 15 is 0 Å². The van der Waals surface area contributed by atoms with E-state index in [0.717, 1.165) is 5.56 Å². The summed E-state index contributed by atoms with van der Waals surface area (Å²) in [5.41, 5.74) is 2.08. The zero-order valence-corrected chi connectivity index (χ0v) is 20.0. The molecular formula is C26H31F2N3O4. The van der Waals surface area contributed by atoms with Crippen LogP contribution in [0.4, 0.5) is 8.78 Å². The summed E-state index contributed by atoms with van der Waals surface area (Å²) in [5, 5.41) is 15.1. The Morgan fingerprint density at radius 1 is 1.11 bits per heavy atom. The van der Waals surface area contributed by atoms with E-state index in [9.17, 15) is 13.9 Å². The maximum absolute atomic E-state index is 13.5. The number of nitrogens with zero attached hydrogens (tertiary/aromatic N) is 3. The van der Waals surface area contributed by atoms with Gasteiger partial charge < -0.3 is 19.3 Å². The minimum atomic E-state index is -0.722. The van der Waals surface area contributed by atoms with Gasteiger partial charge in [0.05, 0.1) is 42.9 Å². The van der Waals surface area contributed by atoms with Gasteiger partial charge >= 0.3 is 0 Å². The number of hydrogen-bond acceptors (Lipinski definition) is 6. The molecule has 0 unspecified atom stereocenters. The van der Waals surface area contributed by atoms with Crippen molar-refractivity contribution in [1.82, 2.24) is 14.7 Å². The van der Waals surface area contributed by atoms with Crippen LogP contribution in [0, 0.1) is 18.6 Å². The van der Waals surface area contributed by atoms with E-state index in [-0.39, 0.29) is 18.2 Å². The fourth-order valence-electron chi connectivity index (χ4n) is 3.51. The largest absolute Gasteiger partial charge is 0.439 e. The summed E-state index contributed by atoms with van der Waals surface area (Å²) in [7, 11) is 1.61. The molecule has 0 radical (unpaired) electrons. The highest BCUT2D eigenvalue weighted by atomic mass is 19.1. The van der Waals surface area contributed by atoms with Crippen molar-refractivity contribution in [2.24, 2.45) is 0 Å². The predicted octanol–water partition coefficient (Wildman–Crippen LogP) is 4.26. The van der Waals surface area contributed by atoms with Crippen LogP contribution in [0.5, 0.6) is 11.6 Å². The summed E-state index contributed by atoms with van der Waals surface area (Å²) in [5.74, 6) is 0.106. The third-order valence-electron chi connectivity index (χ3n) is 5.24. The van der Waals surface area contributed by atoms with E-state index in [1.165, 1.54) is 36.4 Å². The van der Waals surface area contributed by atoms with Gasteiger partial charge in [0.1, 0.15) is 17.4 Å². The number of methoxy groups -OCH3 is 1. The molecule has 0 bridgehead atoms. The van der Waals surface area contributed by atoms with E-state index < -0.39 is 6.10 Å². The van der Waals surface area contributed by atoms with Crippen LogP contribution in [0.1, 0.15) is 11.3 Å². The first-order valence-electron chi connectivity index (χ1n) is 11.3. The number of aromatic nitrogens is 2. The Hall–Kier alpha value is -3.11. The van der Waals surface area contributed by atoms with Crippen LogP contribution in [-0.4, -0.2) is 65.9 Å². The van der Waals surface area contributed by atoms with Crippen molar-refractivity contribution >= 4 is 0 Å². The lowest BCUT2D eigenvalue weighted by atomic mass is 10.2. The van der Waals surface area contributed by atoms with Crippen LogP contribution < -0.4 is 4.74 Å². The molecular weight excluding hydrogens is 456 g/mol. The molecule has 3 rings (SSSR count). The molecule has 0 spiro atoms. The molecule has 0 saturated carbocycles. The van der Waals surface area contributed by atoms with Crippen LogP contribution in [0.25, 0.3) is 5.69 Å². The van der Waals surface area contributed by atoms with Gasteiger partial charge in [0.25, 0.3) is 0 Å². The molecule has 1 heterocycles. The van der Waals surface area contributed by atoms with Crippen molar-refractivity contribution in [2.45, 2.75) is 19.6 Å². The highest BCUT2D eigenvalue weighted by Gasteiger charge is 2.23. The molecule has 1 atom stereocenters. The number of aryl methyl sites for hydroxylation is 1. The molecule has 0 aliphatic rings. The number of benzene rings is 2. The zero-order valence-electron chi connectivity index (χ0n) is 20.0. The summed E-state index contributed by atoms with van der Waals surface area (Å²) in [6.45, 7) is 7.71. The van der Waals surface area contributed by atoms with Gasteiger partial charge in [-0.3, -0.25) is 4.90 Å². The third kappa shape index (κ3) is 7.69. The van der Waals surface area contributed by atoms with Crippen molar-refractivity contribution in [2.75, 3.05) is 40.0 Å². The van der Waals surface area contributed by atoms with Gasteiger partial charge in [-0.25, -0.2) is 13.5 Å². The second-order valence-electron chi connectivity index (χ2n) is 8.02. The molecule has 1 aromatic heterocycles. The monoisotopic (exact) mass is 487 g/mol. The average Bonchev–Trinajstić information content (AvgIpc) is 3.14. The molecule has 35 heavy (non-hydrogen) atoms. The third-order valence-corrected chi connectivity index (χ3v) is 5.24. The average molecular weight is 488 g/mol. The Bertz CT molecular complexity index is 1070. The lowest BCUT2D eigenvalue weighted by Crippen LogP contribution is -2.36. The van der Waals surface area contributed by atoms with Crippen molar-refractivity contribution in [3.63, 3.8) is 0 Å². The lowest BCUT2D eigenvalue weighted by molar-refractivity contribution is 0.0192. The Balaban J connectivity index is 1.93. The summed E-state index contributed by atoms with van der Waals surface area (Å²) < 4.78 is 45.4. The minimum Gasteiger partial charge on any atom is -0.439 e. The number of aliphatic hydroxyl groups is 1. The minimum absolute atomic E-state index is 0.169. The molecule has 0 aliphatic carbocycles. The number of aliphatic hydroxyl groups excluding tert-OH is 1. The predicted molar refractivity (Wildman–Crippen MR) is 129 cm³/mol. The van der Waals surface area contributed by atoms with Crippen LogP contribution in [-0.2, 0) is 16.0 Å². The SMILES string of the molecule is C=CCOC[C@@H](O)CN(CCOC)Cc1c(C)nn(-c2ccc(F)cc2)c1Oc1ccc(F)cc1. The van der Waals surface area contributed by atoms with E-state index in [0.29, 0.717) is 55.9 Å². The lowest BCUT2D eigenvalue weighted by Gasteiger charge is -2.25. The second kappa shape index (κ2) is 13.1. The van der Waals surface area contributed by atoms with Crippen LogP contribution in [0.2, 0.25) is 0 Å². The van der Waals surface area contributed by atoms with E-state index in [4.69, 9.17) is 14.2 Å². The summed E-state index contributed by atoms with van der Waals surface area (Å²) in [4.78, 5) is 2.02. The van der Waals surface area contributed by atoms with Crippen molar-refractivity contribution in [1.29, 1.82) is 0 Å². The Kier molecular flexibility index (Phi) is 9.92. The number of halogens is 2. The summed E-state index contributed by atoms with van der Waals surface area (Å²) in [6, 6.07) is 11.6. The van der Waals surface area contributed by atoms with E-state index in [1.54, 1.807) is 30.0 Å². The van der Waals surface area contributed by atoms with Crippen molar-refractivity contribution in [3.05, 3.63) is 84.1 Å². The fraction of sp³-hybridized carbons (Fsp3) is 0.346. The molecule has 0 fully saturated rings. The van der Waals surface area contributed by atoms with Gasteiger partial charge in [0.15, 0.2) is 0 Å². The molecule has 0 aliphatic heterocycles. The quantitative estimate of drug-likeness (QED) is 0.271. The van der Waals surface area contributed by atoms with Crippen molar-refractivity contribution in [3.8, 4) is 17.3 Å². The number of ether oxygens (including phenoxy) is 3. The molecule has 9 heteroatoms. The maximum Gasteiger partial charge on any atom is 0.227 e. The number of rotatable bonds is 14. The van der Waals surface area contributed by atoms with Crippen molar-refractivity contribution < 1.29 is 28.1 Å². The van der Waals surface area contributed by atoms with Gasteiger partial charge in [-0.2, -0.15) is 5.10 Å². The fourth-order valence-corrected chi connectivity index (χ4v) is 3.51. The first-order chi connectivity index (χ1) is 16.9. The zero-order chi connectivity index (χ0) is 25.2. The van der Waals surface area contributed by atoms with Crippen LogP contribution in [0.3, 0.4) is 0 Å². The Morgan fingerprint density at radius 2 is 1.77 bits per heavy atom. The molecule has 1 N–H and O–H groups in total. The highest BCUT2D eigenvalue weighted by molar-refractivity contribution is 5.43.